The van der Waals surface area contributed by atoms with E-state index in [0.29, 0.717) is 32.5 Å². The molecule has 0 radical (unpaired) electrons. The molecule has 0 saturated carbocycles. The molecule has 1 amide bonds. The summed E-state index contributed by atoms with van der Waals surface area (Å²) in [5, 5.41) is 0. The van der Waals surface area contributed by atoms with E-state index in [1.165, 1.54) is 0 Å². The molecule has 19 heavy (non-hydrogen) atoms. The molecule has 1 saturated heterocycles. The van der Waals surface area contributed by atoms with E-state index < -0.39 is 0 Å². The zero-order valence-electron chi connectivity index (χ0n) is 11.2. The molecule has 0 N–H and O–H groups in total. The molecule has 4 heteroatoms. The van der Waals surface area contributed by atoms with Gasteiger partial charge in [0.2, 0.25) is 5.91 Å². The summed E-state index contributed by atoms with van der Waals surface area (Å²) in [4.78, 5) is 25.6. The van der Waals surface area contributed by atoms with Crippen LogP contribution < -0.4 is 0 Å². The number of methoxy groups -OCH3 is 1. The van der Waals surface area contributed by atoms with Crippen LogP contribution in [0.15, 0.2) is 30.3 Å². The number of nitrogens with zero attached hydrogens (tertiary/aromatic N) is 1. The Morgan fingerprint density at radius 2 is 2.11 bits per heavy atom. The Morgan fingerprint density at radius 3 is 2.79 bits per heavy atom. The second kappa shape index (κ2) is 6.48. The lowest BCUT2D eigenvalue weighted by Crippen LogP contribution is -2.26. The summed E-state index contributed by atoms with van der Waals surface area (Å²) in [5.74, 6) is 0.0387. The van der Waals surface area contributed by atoms with Gasteiger partial charge in [0.25, 0.3) is 0 Å². The molecule has 1 atom stereocenters. The number of carbonyl (C=O) groups is 2. The highest BCUT2D eigenvalue weighted by atomic mass is 16.5. The van der Waals surface area contributed by atoms with Gasteiger partial charge >= 0.3 is 0 Å². The molecule has 1 heterocycles. The molecule has 1 aliphatic rings. The third-order valence-corrected chi connectivity index (χ3v) is 3.44. The number of amides is 1. The Labute approximate surface area is 113 Å². The Hall–Kier alpha value is -1.68. The molecule has 2 rings (SSSR count). The fraction of sp³-hybridized carbons (Fsp3) is 0.467. The monoisotopic (exact) mass is 261 g/mol. The molecule has 1 aromatic rings. The quantitative estimate of drug-likeness (QED) is 0.782. The summed E-state index contributed by atoms with van der Waals surface area (Å²) in [7, 11) is 1.58. The number of ketones is 1. The van der Waals surface area contributed by atoms with E-state index in [0.717, 1.165) is 5.56 Å². The zero-order chi connectivity index (χ0) is 13.7. The van der Waals surface area contributed by atoms with Gasteiger partial charge in [-0.1, -0.05) is 30.3 Å². The molecule has 1 unspecified atom stereocenters. The maximum Gasteiger partial charge on any atom is 0.223 e. The van der Waals surface area contributed by atoms with Crippen LogP contribution >= 0.6 is 0 Å². The van der Waals surface area contributed by atoms with Crippen LogP contribution in [0, 0.1) is 5.92 Å². The topological polar surface area (TPSA) is 46.6 Å². The van der Waals surface area contributed by atoms with Gasteiger partial charge < -0.3 is 9.64 Å². The summed E-state index contributed by atoms with van der Waals surface area (Å²) in [6.45, 7) is 1.56. The summed E-state index contributed by atoms with van der Waals surface area (Å²) >= 11 is 0. The van der Waals surface area contributed by atoms with Crippen LogP contribution in [0.25, 0.3) is 0 Å². The SMILES string of the molecule is COCCC(=O)C1CC(=O)N(Cc2ccccc2)C1. The number of benzene rings is 1. The molecule has 0 aromatic heterocycles. The van der Waals surface area contributed by atoms with Crippen molar-refractivity contribution in [3.8, 4) is 0 Å². The van der Waals surface area contributed by atoms with Gasteiger partial charge in [0.1, 0.15) is 5.78 Å². The van der Waals surface area contributed by atoms with Crippen molar-refractivity contribution in [2.24, 2.45) is 5.92 Å². The standard InChI is InChI=1S/C15H19NO3/c1-19-8-7-14(17)13-9-15(18)16(11-13)10-12-5-3-2-4-6-12/h2-6,13H,7-11H2,1H3. The van der Waals surface area contributed by atoms with Gasteiger partial charge in [0.05, 0.1) is 6.61 Å². The van der Waals surface area contributed by atoms with Crippen LogP contribution in [0.5, 0.6) is 0 Å². The van der Waals surface area contributed by atoms with Crippen molar-refractivity contribution in [2.45, 2.75) is 19.4 Å². The number of rotatable bonds is 6. The van der Waals surface area contributed by atoms with E-state index in [1.54, 1.807) is 12.0 Å². The van der Waals surface area contributed by atoms with Gasteiger partial charge in [-0.3, -0.25) is 9.59 Å². The largest absolute Gasteiger partial charge is 0.384 e. The Kier molecular flexibility index (Phi) is 4.68. The van der Waals surface area contributed by atoms with Crippen molar-refractivity contribution in [1.29, 1.82) is 0 Å². The molecule has 1 aliphatic heterocycles. The van der Waals surface area contributed by atoms with E-state index in [-0.39, 0.29) is 17.6 Å². The predicted octanol–water partition coefficient (Wildman–Crippen LogP) is 1.64. The number of carbonyl (C=O) groups excluding carboxylic acids is 2. The number of Topliss-reactive ketones (excluding diaryl/α,β-unsaturated/α-hetero) is 1. The number of ether oxygens (including phenoxy) is 1. The van der Waals surface area contributed by atoms with Crippen molar-refractivity contribution in [3.63, 3.8) is 0 Å². The van der Waals surface area contributed by atoms with E-state index in [4.69, 9.17) is 4.74 Å². The van der Waals surface area contributed by atoms with E-state index in [9.17, 15) is 9.59 Å². The molecule has 1 fully saturated rings. The van der Waals surface area contributed by atoms with Crippen molar-refractivity contribution in [1.82, 2.24) is 4.90 Å². The van der Waals surface area contributed by atoms with Crippen LogP contribution in [-0.2, 0) is 20.9 Å². The van der Waals surface area contributed by atoms with E-state index >= 15 is 0 Å². The molecule has 0 spiro atoms. The van der Waals surface area contributed by atoms with Crippen LogP contribution in [0.4, 0.5) is 0 Å². The highest BCUT2D eigenvalue weighted by Crippen LogP contribution is 2.21. The van der Waals surface area contributed by atoms with E-state index in [1.807, 2.05) is 30.3 Å². The molecule has 0 aliphatic carbocycles. The summed E-state index contributed by atoms with van der Waals surface area (Å²) in [5.41, 5.74) is 1.10. The van der Waals surface area contributed by atoms with Gasteiger partial charge in [-0.2, -0.15) is 0 Å². The molecular formula is C15H19NO3. The van der Waals surface area contributed by atoms with Crippen molar-refractivity contribution < 1.29 is 14.3 Å². The highest BCUT2D eigenvalue weighted by Gasteiger charge is 2.33. The normalized spacial score (nSPS) is 18.9. The Balaban J connectivity index is 1.91. The smallest absolute Gasteiger partial charge is 0.223 e. The van der Waals surface area contributed by atoms with Gasteiger partial charge in [-0.05, 0) is 5.56 Å². The molecular weight excluding hydrogens is 242 g/mol. The van der Waals surface area contributed by atoms with Gasteiger partial charge in [-0.15, -0.1) is 0 Å². The Morgan fingerprint density at radius 1 is 1.37 bits per heavy atom. The lowest BCUT2D eigenvalue weighted by atomic mass is 10.0. The average molecular weight is 261 g/mol. The first-order valence-electron chi connectivity index (χ1n) is 6.54. The molecule has 102 valence electrons. The summed E-state index contributed by atoms with van der Waals surface area (Å²) in [6.07, 6.45) is 0.739. The predicted molar refractivity (Wildman–Crippen MR) is 71.5 cm³/mol. The second-order valence-electron chi connectivity index (χ2n) is 4.87. The van der Waals surface area contributed by atoms with Crippen LogP contribution in [0.3, 0.4) is 0 Å². The van der Waals surface area contributed by atoms with Gasteiger partial charge in [0.15, 0.2) is 0 Å². The lowest BCUT2D eigenvalue weighted by Gasteiger charge is -2.16. The van der Waals surface area contributed by atoms with Gasteiger partial charge in [-0.25, -0.2) is 0 Å². The maximum absolute atomic E-state index is 11.9. The van der Waals surface area contributed by atoms with Crippen LogP contribution in [0.1, 0.15) is 18.4 Å². The van der Waals surface area contributed by atoms with E-state index in [2.05, 4.69) is 0 Å². The minimum absolute atomic E-state index is 0.0691. The third-order valence-electron chi connectivity index (χ3n) is 3.44. The molecule has 4 nitrogen and oxygen atoms in total. The number of hydrogen-bond donors (Lipinski definition) is 0. The van der Waals surface area contributed by atoms with Crippen molar-refractivity contribution in [2.75, 3.05) is 20.3 Å². The number of hydrogen-bond acceptors (Lipinski definition) is 3. The highest BCUT2D eigenvalue weighted by molar-refractivity contribution is 5.90. The summed E-state index contributed by atoms with van der Waals surface area (Å²) < 4.78 is 4.90. The summed E-state index contributed by atoms with van der Waals surface area (Å²) in [6, 6.07) is 9.85. The first-order valence-corrected chi connectivity index (χ1v) is 6.54. The van der Waals surface area contributed by atoms with Crippen molar-refractivity contribution in [3.05, 3.63) is 35.9 Å². The number of likely N-dealkylation sites (tertiary alicyclic amines) is 1. The minimum atomic E-state index is -0.161. The fourth-order valence-electron chi connectivity index (χ4n) is 2.35. The fourth-order valence-corrected chi connectivity index (χ4v) is 2.35. The minimum Gasteiger partial charge on any atom is -0.384 e. The Bertz CT molecular complexity index is 444. The first kappa shape index (κ1) is 13.7. The zero-order valence-corrected chi connectivity index (χ0v) is 11.2. The first-order chi connectivity index (χ1) is 9.20. The average Bonchev–Trinajstić information content (AvgIpc) is 2.79. The molecule has 1 aromatic carbocycles. The second-order valence-corrected chi connectivity index (χ2v) is 4.87. The maximum atomic E-state index is 11.9. The van der Waals surface area contributed by atoms with Crippen molar-refractivity contribution >= 4 is 11.7 Å². The van der Waals surface area contributed by atoms with Crippen LogP contribution in [-0.4, -0.2) is 36.9 Å². The third kappa shape index (κ3) is 3.64. The van der Waals surface area contributed by atoms with Gasteiger partial charge in [0, 0.05) is 39.0 Å². The lowest BCUT2D eigenvalue weighted by molar-refractivity contribution is -0.129. The van der Waals surface area contributed by atoms with Crippen LogP contribution in [0.2, 0.25) is 0 Å². The molecule has 0 bridgehead atoms.